The van der Waals surface area contributed by atoms with E-state index in [4.69, 9.17) is 4.43 Å². The monoisotopic (exact) mass is 182 g/mol. The molecular weight excluding hydrogens is 164 g/mol. The third kappa shape index (κ3) is 1.38. The van der Waals surface area contributed by atoms with Crippen molar-refractivity contribution in [1.82, 2.24) is 0 Å². The highest BCUT2D eigenvalue weighted by molar-refractivity contribution is 6.72. The quantitative estimate of drug-likeness (QED) is 0.413. The van der Waals surface area contributed by atoms with E-state index in [2.05, 4.69) is 25.2 Å². The van der Waals surface area contributed by atoms with E-state index in [0.29, 0.717) is 0 Å². The largest absolute Gasteiger partial charge is 0.417 e. The molecule has 2 unspecified atom stereocenters. The highest BCUT2D eigenvalue weighted by Gasteiger charge is 2.41. The lowest BCUT2D eigenvalue weighted by Gasteiger charge is -2.42. The topological polar surface area (TPSA) is 9.23 Å². The average molecular weight is 182 g/mol. The Bertz CT molecular complexity index is 198. The summed E-state index contributed by atoms with van der Waals surface area (Å²) in [6, 6.07) is 0. The Hall–Kier alpha value is -0.0831. The van der Waals surface area contributed by atoms with Crippen molar-refractivity contribution in [2.75, 3.05) is 6.61 Å². The van der Waals surface area contributed by atoms with Gasteiger partial charge < -0.3 is 4.43 Å². The van der Waals surface area contributed by atoms with E-state index in [1.807, 2.05) is 0 Å². The molecule has 2 aliphatic rings. The number of allylic oxidation sites excluding steroid dienone is 2. The molecule has 1 heterocycles. The second kappa shape index (κ2) is 3.00. The Labute approximate surface area is 75.9 Å². The van der Waals surface area contributed by atoms with Crippen LogP contribution in [0, 0.1) is 5.92 Å². The Morgan fingerprint density at radius 2 is 2.17 bits per heavy atom. The summed E-state index contributed by atoms with van der Waals surface area (Å²) in [4.78, 5) is 0. The minimum absolute atomic E-state index is 0.856. The zero-order valence-electron chi connectivity index (χ0n) is 8.05. The Balaban J connectivity index is 2.17. The van der Waals surface area contributed by atoms with Crippen molar-refractivity contribution in [2.45, 2.75) is 37.9 Å². The molecule has 1 aliphatic carbocycles. The van der Waals surface area contributed by atoms with Crippen molar-refractivity contribution in [3.05, 3.63) is 12.2 Å². The molecule has 0 aromatic heterocycles. The molecule has 0 saturated carbocycles. The maximum atomic E-state index is 5.94. The van der Waals surface area contributed by atoms with Gasteiger partial charge in [0.05, 0.1) is 0 Å². The van der Waals surface area contributed by atoms with E-state index < -0.39 is 8.32 Å². The highest BCUT2D eigenvalue weighted by atomic mass is 28.4. The minimum Gasteiger partial charge on any atom is -0.417 e. The molecule has 0 bridgehead atoms. The standard InChI is InChI=1S/C10H18OSi/c1-12(2)10-6-4-3-5-9(10)7-8-11-12/h3,5,9-10H,4,6-8H2,1-2H3. The van der Waals surface area contributed by atoms with Gasteiger partial charge in [0.25, 0.3) is 0 Å². The Kier molecular flexibility index (Phi) is 2.13. The van der Waals surface area contributed by atoms with Crippen LogP contribution in [0.4, 0.5) is 0 Å². The molecule has 2 atom stereocenters. The van der Waals surface area contributed by atoms with Gasteiger partial charge in [-0.3, -0.25) is 0 Å². The molecule has 1 saturated heterocycles. The smallest absolute Gasteiger partial charge is 0.190 e. The molecule has 12 heavy (non-hydrogen) atoms. The van der Waals surface area contributed by atoms with Gasteiger partial charge in [-0.2, -0.15) is 0 Å². The highest BCUT2D eigenvalue weighted by Crippen LogP contribution is 2.43. The lowest BCUT2D eigenvalue weighted by atomic mass is 9.92. The molecular formula is C10H18OSi. The van der Waals surface area contributed by atoms with E-state index in [1.165, 1.54) is 19.3 Å². The van der Waals surface area contributed by atoms with Crippen LogP contribution in [0.15, 0.2) is 12.2 Å². The van der Waals surface area contributed by atoms with Gasteiger partial charge in [0, 0.05) is 6.61 Å². The molecule has 0 N–H and O–H groups in total. The van der Waals surface area contributed by atoms with Crippen LogP contribution in [-0.2, 0) is 4.43 Å². The van der Waals surface area contributed by atoms with Crippen molar-refractivity contribution in [2.24, 2.45) is 5.92 Å². The third-order valence-electron chi connectivity index (χ3n) is 3.36. The summed E-state index contributed by atoms with van der Waals surface area (Å²) < 4.78 is 5.94. The summed E-state index contributed by atoms with van der Waals surface area (Å²) in [6.45, 7) is 5.76. The molecule has 0 amide bonds. The number of hydrogen-bond acceptors (Lipinski definition) is 1. The van der Waals surface area contributed by atoms with Crippen LogP contribution in [0.25, 0.3) is 0 Å². The maximum Gasteiger partial charge on any atom is 0.190 e. The predicted octanol–water partition coefficient (Wildman–Crippen LogP) is 2.95. The third-order valence-corrected chi connectivity index (χ3v) is 6.81. The minimum atomic E-state index is -1.30. The Morgan fingerprint density at radius 3 is 2.92 bits per heavy atom. The fourth-order valence-electron chi connectivity index (χ4n) is 2.62. The van der Waals surface area contributed by atoms with Gasteiger partial charge in [0.2, 0.25) is 0 Å². The molecule has 0 aromatic rings. The normalized spacial score (nSPS) is 39.2. The van der Waals surface area contributed by atoms with Gasteiger partial charge in [-0.05, 0) is 43.8 Å². The first-order chi connectivity index (χ1) is 5.70. The summed E-state index contributed by atoms with van der Waals surface area (Å²) in [5, 5.41) is 0. The van der Waals surface area contributed by atoms with E-state index >= 15 is 0 Å². The van der Waals surface area contributed by atoms with E-state index in [0.717, 1.165) is 18.1 Å². The molecule has 1 nitrogen and oxygen atoms in total. The summed E-state index contributed by atoms with van der Waals surface area (Å²) in [6.07, 6.45) is 8.71. The first-order valence-electron chi connectivity index (χ1n) is 5.01. The van der Waals surface area contributed by atoms with Crippen LogP contribution in [0.3, 0.4) is 0 Å². The van der Waals surface area contributed by atoms with Gasteiger partial charge in [0.1, 0.15) is 0 Å². The molecule has 0 spiro atoms. The van der Waals surface area contributed by atoms with E-state index in [1.54, 1.807) is 0 Å². The Morgan fingerprint density at radius 1 is 1.33 bits per heavy atom. The first kappa shape index (κ1) is 8.51. The molecule has 1 fully saturated rings. The predicted molar refractivity (Wildman–Crippen MR) is 53.7 cm³/mol. The van der Waals surface area contributed by atoms with Crippen molar-refractivity contribution in [3.63, 3.8) is 0 Å². The fourth-order valence-corrected chi connectivity index (χ4v) is 5.65. The summed E-state index contributed by atoms with van der Waals surface area (Å²) in [7, 11) is -1.30. The lowest BCUT2D eigenvalue weighted by Crippen LogP contribution is -2.45. The second-order valence-corrected chi connectivity index (χ2v) is 8.75. The van der Waals surface area contributed by atoms with Crippen LogP contribution >= 0.6 is 0 Å². The SMILES string of the molecule is C[Si]1(C)OCCC2C=CCCC21. The molecule has 2 rings (SSSR count). The molecule has 2 heteroatoms. The lowest BCUT2D eigenvalue weighted by molar-refractivity contribution is 0.221. The number of fused-ring (bicyclic) bond motifs is 1. The van der Waals surface area contributed by atoms with Crippen LogP contribution in [-0.4, -0.2) is 14.9 Å². The van der Waals surface area contributed by atoms with Crippen LogP contribution in [0.5, 0.6) is 0 Å². The van der Waals surface area contributed by atoms with Crippen molar-refractivity contribution < 1.29 is 4.43 Å². The van der Waals surface area contributed by atoms with Crippen LogP contribution in [0.2, 0.25) is 18.6 Å². The fraction of sp³-hybridized carbons (Fsp3) is 0.800. The summed E-state index contributed by atoms with van der Waals surface area (Å²) in [5.74, 6) is 0.856. The zero-order valence-corrected chi connectivity index (χ0v) is 9.05. The maximum absolute atomic E-state index is 5.94. The van der Waals surface area contributed by atoms with Gasteiger partial charge in [-0.15, -0.1) is 0 Å². The number of rotatable bonds is 0. The molecule has 1 aliphatic heterocycles. The van der Waals surface area contributed by atoms with Gasteiger partial charge in [-0.1, -0.05) is 12.2 Å². The molecule has 68 valence electrons. The van der Waals surface area contributed by atoms with Crippen molar-refractivity contribution in [1.29, 1.82) is 0 Å². The van der Waals surface area contributed by atoms with Gasteiger partial charge in [0.15, 0.2) is 8.32 Å². The second-order valence-electron chi connectivity index (χ2n) is 4.52. The van der Waals surface area contributed by atoms with Crippen LogP contribution < -0.4 is 0 Å². The molecule has 0 radical (unpaired) electrons. The van der Waals surface area contributed by atoms with E-state index in [9.17, 15) is 0 Å². The molecule has 0 aromatic carbocycles. The first-order valence-corrected chi connectivity index (χ1v) is 7.99. The van der Waals surface area contributed by atoms with Crippen molar-refractivity contribution >= 4 is 8.32 Å². The van der Waals surface area contributed by atoms with Gasteiger partial charge >= 0.3 is 0 Å². The average Bonchev–Trinajstić information content (AvgIpc) is 2.04. The van der Waals surface area contributed by atoms with Gasteiger partial charge in [-0.25, -0.2) is 0 Å². The summed E-state index contributed by atoms with van der Waals surface area (Å²) >= 11 is 0. The van der Waals surface area contributed by atoms with Crippen molar-refractivity contribution in [3.8, 4) is 0 Å². The number of hydrogen-bond donors (Lipinski definition) is 0. The van der Waals surface area contributed by atoms with Crippen LogP contribution in [0.1, 0.15) is 19.3 Å². The van der Waals surface area contributed by atoms with E-state index in [-0.39, 0.29) is 0 Å². The summed E-state index contributed by atoms with van der Waals surface area (Å²) in [5.41, 5.74) is 0.899. The zero-order chi connectivity index (χ0) is 8.60.